The molecular weight excluding hydrogens is 547 g/mol. The fraction of sp³-hybridized carbons (Fsp3) is 0.0690. The predicted octanol–water partition coefficient (Wildman–Crippen LogP) is 4.36. The van der Waals surface area contributed by atoms with Gasteiger partial charge in [0, 0.05) is 30.6 Å². The van der Waals surface area contributed by atoms with Crippen LogP contribution in [0.1, 0.15) is 21.6 Å². The van der Waals surface area contributed by atoms with Gasteiger partial charge in [0.05, 0.1) is 34.1 Å². The fourth-order valence-electron chi connectivity index (χ4n) is 4.10. The minimum Gasteiger partial charge on any atom is -0.355 e. The largest absolute Gasteiger partial charge is 0.355 e. The molecule has 0 radical (unpaired) electrons. The van der Waals surface area contributed by atoms with Gasteiger partial charge in [-0.3, -0.25) is 14.3 Å². The predicted molar refractivity (Wildman–Crippen MR) is 150 cm³/mol. The molecule has 2 N–H and O–H groups in total. The van der Waals surface area contributed by atoms with Gasteiger partial charge in [-0.05, 0) is 48.0 Å². The van der Waals surface area contributed by atoms with Crippen LogP contribution in [0.2, 0.25) is 0 Å². The third kappa shape index (κ3) is 6.24. The van der Waals surface area contributed by atoms with Crippen LogP contribution in [-0.4, -0.2) is 50.5 Å². The summed E-state index contributed by atoms with van der Waals surface area (Å²) in [5.74, 6) is -0.633. The van der Waals surface area contributed by atoms with Crippen molar-refractivity contribution in [3.8, 4) is 11.3 Å². The molecule has 0 aliphatic rings. The quantitative estimate of drug-likeness (QED) is 0.292. The van der Waals surface area contributed by atoms with E-state index in [0.717, 1.165) is 22.2 Å². The molecule has 1 amide bonds. The molecule has 3 heterocycles. The summed E-state index contributed by atoms with van der Waals surface area (Å²) in [6, 6.07) is 21.8. The van der Waals surface area contributed by atoms with Crippen LogP contribution in [0.5, 0.6) is 0 Å². The maximum atomic E-state index is 14.4. The molecule has 0 atom stereocenters. The van der Waals surface area contributed by atoms with E-state index in [1.54, 1.807) is 47.4 Å². The van der Waals surface area contributed by atoms with Crippen LogP contribution in [0.25, 0.3) is 27.9 Å². The summed E-state index contributed by atoms with van der Waals surface area (Å²) in [6.07, 6.45) is 5.66. The Balaban J connectivity index is 0.000000287. The molecule has 10 nitrogen and oxygen atoms in total. The zero-order valence-electron chi connectivity index (χ0n) is 21.6. The normalized spacial score (nSPS) is 11.2. The summed E-state index contributed by atoms with van der Waals surface area (Å²) in [6.45, 7) is 0. The molecule has 3 aromatic heterocycles. The monoisotopic (exact) mass is 570 g/mol. The van der Waals surface area contributed by atoms with Crippen LogP contribution in [0.3, 0.4) is 0 Å². The lowest BCUT2D eigenvalue weighted by Crippen LogP contribution is -2.19. The number of nitrogens with one attached hydrogen (secondary N) is 1. The molecule has 0 spiro atoms. The van der Waals surface area contributed by atoms with Gasteiger partial charge in [0.2, 0.25) is 0 Å². The van der Waals surface area contributed by atoms with Crippen molar-refractivity contribution < 1.29 is 22.2 Å². The minimum absolute atomic E-state index is 0.0191. The average Bonchev–Trinajstić information content (AvgIpc) is 3.38. The van der Waals surface area contributed by atoms with Gasteiger partial charge in [-0.25, -0.2) is 18.9 Å². The van der Waals surface area contributed by atoms with Gasteiger partial charge in [-0.15, -0.1) is 0 Å². The van der Waals surface area contributed by atoms with Crippen LogP contribution < -0.4 is 5.32 Å². The fourth-order valence-corrected chi connectivity index (χ4v) is 4.60. The van der Waals surface area contributed by atoms with Crippen molar-refractivity contribution in [2.45, 2.75) is 11.3 Å². The lowest BCUT2D eigenvalue weighted by Gasteiger charge is -2.07. The number of nitrogens with zero attached hydrogens (tertiary/aromatic N) is 5. The first-order valence-corrected chi connectivity index (χ1v) is 13.7. The van der Waals surface area contributed by atoms with Gasteiger partial charge in [0.25, 0.3) is 21.8 Å². The molecule has 12 heteroatoms. The molecule has 0 fully saturated rings. The number of pyridine rings is 1. The third-order valence-electron chi connectivity index (χ3n) is 6.13. The summed E-state index contributed by atoms with van der Waals surface area (Å²) < 4.78 is 45.3. The molecule has 0 aliphatic heterocycles. The second kappa shape index (κ2) is 11.6. The first kappa shape index (κ1) is 27.5. The second-order valence-corrected chi connectivity index (χ2v) is 10.3. The second-order valence-electron chi connectivity index (χ2n) is 8.87. The van der Waals surface area contributed by atoms with Crippen LogP contribution in [0.4, 0.5) is 4.39 Å². The van der Waals surface area contributed by atoms with E-state index in [4.69, 9.17) is 4.55 Å². The zero-order chi connectivity index (χ0) is 29.0. The Labute approximate surface area is 234 Å². The number of imidazole rings is 1. The molecule has 6 aromatic rings. The molecule has 0 unspecified atom stereocenters. The number of fused-ring (bicyclic) bond motifs is 2. The topological polar surface area (TPSA) is 139 Å². The maximum Gasteiger partial charge on any atom is 0.294 e. The average molecular weight is 571 g/mol. The Bertz CT molecular complexity index is 1980. The van der Waals surface area contributed by atoms with Crippen LogP contribution in [0, 0.1) is 5.82 Å². The van der Waals surface area contributed by atoms with E-state index >= 15 is 0 Å². The SMILES string of the molecule is CNC(=O)c1ccc(-c2cnc3ncc(Cc4ccc5ncccc5c4)n3n2)cc1F.O=S(=O)(O)c1ccccc1. The van der Waals surface area contributed by atoms with Crippen molar-refractivity contribution in [2.24, 2.45) is 0 Å². The van der Waals surface area contributed by atoms with E-state index in [0.29, 0.717) is 23.5 Å². The Morgan fingerprint density at radius 2 is 1.73 bits per heavy atom. The number of halogens is 1. The number of carbonyl (C=O) groups excluding carboxylic acids is 1. The standard InChI is InChI=1S/C23H17FN6O.C6H6O3S/c1-25-22(31)18-6-5-16(11-19(18)24)21-13-28-23-27-12-17(30(23)29-21)10-14-4-7-20-15(9-14)3-2-8-26-20;7-10(8,9)6-4-2-1-3-5-6/h2-9,11-13H,10H2,1H3,(H,25,31);1-5H,(H,7,8,9). The molecule has 0 bridgehead atoms. The maximum absolute atomic E-state index is 14.4. The van der Waals surface area contributed by atoms with Crippen molar-refractivity contribution in [1.82, 2.24) is 29.9 Å². The lowest BCUT2D eigenvalue weighted by molar-refractivity contribution is 0.0959. The van der Waals surface area contributed by atoms with E-state index in [1.165, 1.54) is 31.3 Å². The molecule has 206 valence electrons. The number of rotatable bonds is 5. The van der Waals surface area contributed by atoms with Crippen LogP contribution in [0.15, 0.2) is 102 Å². The highest BCUT2D eigenvalue weighted by Gasteiger charge is 2.14. The third-order valence-corrected chi connectivity index (χ3v) is 7.00. The number of hydrogen-bond donors (Lipinski definition) is 2. The Morgan fingerprint density at radius 1 is 0.951 bits per heavy atom. The summed E-state index contributed by atoms with van der Waals surface area (Å²) in [5.41, 5.74) is 3.88. The van der Waals surface area contributed by atoms with E-state index in [2.05, 4.69) is 31.4 Å². The highest BCUT2D eigenvalue weighted by Crippen LogP contribution is 2.21. The van der Waals surface area contributed by atoms with Crippen molar-refractivity contribution in [3.63, 3.8) is 0 Å². The van der Waals surface area contributed by atoms with E-state index in [-0.39, 0.29) is 10.5 Å². The molecular formula is C29H23FN6O4S. The van der Waals surface area contributed by atoms with Crippen LogP contribution in [-0.2, 0) is 16.5 Å². The zero-order valence-corrected chi connectivity index (χ0v) is 22.5. The van der Waals surface area contributed by atoms with Gasteiger partial charge < -0.3 is 5.32 Å². The molecule has 3 aromatic carbocycles. The highest BCUT2D eigenvalue weighted by molar-refractivity contribution is 7.85. The van der Waals surface area contributed by atoms with Crippen molar-refractivity contribution >= 4 is 32.7 Å². The van der Waals surface area contributed by atoms with E-state index < -0.39 is 21.8 Å². The van der Waals surface area contributed by atoms with Gasteiger partial charge in [0.1, 0.15) is 11.5 Å². The number of hydrogen-bond acceptors (Lipinski definition) is 7. The molecule has 0 saturated carbocycles. The van der Waals surface area contributed by atoms with Gasteiger partial charge in [-0.2, -0.15) is 13.5 Å². The summed E-state index contributed by atoms with van der Waals surface area (Å²) in [5, 5.41) is 8.09. The first-order chi connectivity index (χ1) is 19.7. The molecule has 6 rings (SSSR count). The Morgan fingerprint density at radius 3 is 2.44 bits per heavy atom. The van der Waals surface area contributed by atoms with Crippen molar-refractivity contribution in [3.05, 3.63) is 120 Å². The first-order valence-electron chi connectivity index (χ1n) is 12.3. The van der Waals surface area contributed by atoms with E-state index in [9.17, 15) is 17.6 Å². The molecule has 0 aliphatic carbocycles. The summed E-state index contributed by atoms with van der Waals surface area (Å²) in [7, 11) is -2.54. The number of amides is 1. The van der Waals surface area contributed by atoms with Gasteiger partial charge >= 0.3 is 0 Å². The molecule has 0 saturated heterocycles. The van der Waals surface area contributed by atoms with Gasteiger partial charge in [0.15, 0.2) is 0 Å². The molecule has 41 heavy (non-hydrogen) atoms. The van der Waals surface area contributed by atoms with E-state index in [1.807, 2.05) is 24.3 Å². The number of benzene rings is 3. The van der Waals surface area contributed by atoms with Crippen molar-refractivity contribution in [1.29, 1.82) is 0 Å². The Hall–Kier alpha value is -5.07. The Kier molecular flexibility index (Phi) is 7.77. The lowest BCUT2D eigenvalue weighted by atomic mass is 10.1. The highest BCUT2D eigenvalue weighted by atomic mass is 32.2. The van der Waals surface area contributed by atoms with Crippen LogP contribution >= 0.6 is 0 Å². The van der Waals surface area contributed by atoms with Gasteiger partial charge in [-0.1, -0.05) is 36.4 Å². The number of carbonyl (C=O) groups is 1. The van der Waals surface area contributed by atoms with Crippen molar-refractivity contribution in [2.75, 3.05) is 7.05 Å². The smallest absolute Gasteiger partial charge is 0.294 e. The minimum atomic E-state index is -4.00. The summed E-state index contributed by atoms with van der Waals surface area (Å²) >= 11 is 0. The summed E-state index contributed by atoms with van der Waals surface area (Å²) in [4.78, 5) is 24.7. The number of aromatic nitrogens is 5.